The summed E-state index contributed by atoms with van der Waals surface area (Å²) < 4.78 is 17.8. The number of amides is 1. The Hall–Kier alpha value is -3.96. The smallest absolute Gasteiger partial charge is 0.410 e. The van der Waals surface area contributed by atoms with Gasteiger partial charge in [0.2, 0.25) is 11.7 Å². The molecule has 2 saturated heterocycles. The van der Waals surface area contributed by atoms with Crippen LogP contribution in [-0.2, 0) is 16.6 Å². The molecule has 1 amide bonds. The summed E-state index contributed by atoms with van der Waals surface area (Å²) in [4.78, 5) is 34.2. The van der Waals surface area contributed by atoms with Gasteiger partial charge >= 0.3 is 12.1 Å². The fourth-order valence-electron chi connectivity index (χ4n) is 6.58. The third kappa shape index (κ3) is 6.03. The van der Waals surface area contributed by atoms with Crippen molar-refractivity contribution in [1.29, 1.82) is 5.26 Å². The van der Waals surface area contributed by atoms with E-state index < -0.39 is 11.0 Å². The van der Waals surface area contributed by atoms with E-state index in [1.165, 1.54) is 11.3 Å². The number of hydrogen-bond acceptors (Lipinski definition) is 13. The van der Waals surface area contributed by atoms with Crippen molar-refractivity contribution >= 4 is 28.2 Å². The van der Waals surface area contributed by atoms with Gasteiger partial charge in [-0.2, -0.15) is 20.2 Å². The highest BCUT2D eigenvalue weighted by Gasteiger charge is 2.45. The van der Waals surface area contributed by atoms with Gasteiger partial charge in [-0.25, -0.2) is 4.79 Å². The minimum Gasteiger partial charge on any atom is -0.459 e. The highest BCUT2D eigenvalue weighted by molar-refractivity contribution is 7.16. The first-order chi connectivity index (χ1) is 21.4. The Bertz CT molecular complexity index is 1620. The van der Waals surface area contributed by atoms with Gasteiger partial charge in [-0.15, -0.1) is 11.3 Å². The summed E-state index contributed by atoms with van der Waals surface area (Å²) in [5.74, 6) is 1.39. The van der Waals surface area contributed by atoms with Crippen LogP contribution in [-0.4, -0.2) is 93.5 Å². The fourth-order valence-corrected chi connectivity index (χ4v) is 7.73. The van der Waals surface area contributed by atoms with Crippen molar-refractivity contribution in [2.24, 2.45) is 0 Å². The van der Waals surface area contributed by atoms with Gasteiger partial charge in [-0.1, -0.05) is 5.16 Å². The molecule has 1 unspecified atom stereocenters. The van der Waals surface area contributed by atoms with Gasteiger partial charge in [0.05, 0.1) is 11.0 Å². The number of likely N-dealkylation sites (tertiary alicyclic amines) is 1. The van der Waals surface area contributed by atoms with Crippen molar-refractivity contribution in [2.45, 2.75) is 83.5 Å². The molecule has 0 aromatic carbocycles. The minimum absolute atomic E-state index is 0.130. The first-order valence-electron chi connectivity index (χ1n) is 15.5. The molecule has 2 N–H and O–H groups in total. The first kappa shape index (κ1) is 31.0. The van der Waals surface area contributed by atoms with Crippen LogP contribution in [0.15, 0.2) is 10.6 Å². The van der Waals surface area contributed by atoms with Crippen LogP contribution in [0.5, 0.6) is 6.01 Å². The van der Waals surface area contributed by atoms with Crippen LogP contribution in [0.25, 0.3) is 11.5 Å². The van der Waals surface area contributed by atoms with Crippen molar-refractivity contribution in [1.82, 2.24) is 29.9 Å². The number of carbonyl (C=O) groups excluding carboxylic acids is 1. The summed E-state index contributed by atoms with van der Waals surface area (Å²) in [5.41, 5.74) is 6.83. The second kappa shape index (κ2) is 11.8. The number of thiophene rings is 1. The number of anilines is 2. The molecule has 14 heteroatoms. The maximum absolute atomic E-state index is 12.7. The zero-order valence-electron chi connectivity index (χ0n) is 26.8. The second-order valence-corrected chi connectivity index (χ2v) is 14.5. The summed E-state index contributed by atoms with van der Waals surface area (Å²) in [5, 5.41) is 14.7. The number of rotatable bonds is 6. The number of hydrogen-bond donors (Lipinski definition) is 1. The summed E-state index contributed by atoms with van der Waals surface area (Å²) in [7, 11) is 2.11. The number of nitrogens with two attached hydrogens (primary N) is 1. The Balaban J connectivity index is 1.29. The third-order valence-electron chi connectivity index (χ3n) is 9.01. The third-order valence-corrected chi connectivity index (χ3v) is 10.1. The Kier molecular flexibility index (Phi) is 8.11. The quantitative estimate of drug-likeness (QED) is 0.412. The maximum atomic E-state index is 12.7. The lowest BCUT2D eigenvalue weighted by atomic mass is 9.83. The molecular weight excluding hydrogens is 594 g/mol. The lowest BCUT2D eigenvalue weighted by Crippen LogP contribution is -2.50. The minimum atomic E-state index is -0.630. The van der Waals surface area contributed by atoms with Crippen molar-refractivity contribution in [2.75, 3.05) is 50.4 Å². The predicted octanol–water partition coefficient (Wildman–Crippen LogP) is 4.21. The molecule has 0 radical (unpaired) electrons. The molecule has 0 bridgehead atoms. The van der Waals surface area contributed by atoms with E-state index in [-0.39, 0.29) is 24.2 Å². The number of carbonyl (C=O) groups is 1. The number of nitrogens with zero attached hydrogens (tertiary/aromatic N) is 8. The van der Waals surface area contributed by atoms with Crippen LogP contribution < -0.4 is 15.4 Å². The molecule has 2 fully saturated rings. The van der Waals surface area contributed by atoms with E-state index in [0.717, 1.165) is 42.7 Å². The number of nitrogen functional groups attached to an aromatic ring is 1. The molecule has 3 aliphatic rings. The topological polar surface area (TPSA) is 160 Å². The largest absolute Gasteiger partial charge is 0.459 e. The summed E-state index contributed by atoms with van der Waals surface area (Å²) >= 11 is 1.46. The average molecular weight is 636 g/mol. The van der Waals surface area contributed by atoms with E-state index in [4.69, 9.17) is 34.7 Å². The predicted molar refractivity (Wildman–Crippen MR) is 169 cm³/mol. The number of nitriles is 1. The number of fused-ring (bicyclic) bond motifs is 1. The number of piperazine rings is 1. The van der Waals surface area contributed by atoms with Gasteiger partial charge in [0, 0.05) is 48.7 Å². The summed E-state index contributed by atoms with van der Waals surface area (Å²) in [6, 6.07) is 4.61. The molecule has 0 spiro atoms. The second-order valence-electron chi connectivity index (χ2n) is 13.4. The van der Waals surface area contributed by atoms with E-state index in [2.05, 4.69) is 28.1 Å². The maximum Gasteiger partial charge on any atom is 0.410 e. The van der Waals surface area contributed by atoms with E-state index in [0.29, 0.717) is 60.0 Å². The molecule has 1 aliphatic carbocycles. The van der Waals surface area contributed by atoms with Crippen molar-refractivity contribution in [3.8, 4) is 23.6 Å². The zero-order chi connectivity index (χ0) is 32.1. The molecule has 0 saturated carbocycles. The van der Waals surface area contributed by atoms with E-state index >= 15 is 0 Å². The Morgan fingerprint density at radius 2 is 1.98 bits per heavy atom. The molecule has 6 rings (SSSR count). The van der Waals surface area contributed by atoms with Gasteiger partial charge < -0.3 is 29.5 Å². The molecule has 240 valence electrons. The zero-order valence-corrected chi connectivity index (χ0v) is 27.6. The van der Waals surface area contributed by atoms with Crippen LogP contribution in [0.1, 0.15) is 75.8 Å². The molecule has 2 aliphatic heterocycles. The molecule has 3 atom stereocenters. The highest BCUT2D eigenvalue weighted by Crippen LogP contribution is 2.50. The van der Waals surface area contributed by atoms with Crippen LogP contribution in [0.2, 0.25) is 0 Å². The molecular formula is C31H41N9O4S. The van der Waals surface area contributed by atoms with E-state index in [1.54, 1.807) is 4.90 Å². The number of aryl methyl sites for hydroxylation is 1. The van der Waals surface area contributed by atoms with Crippen LogP contribution in [0.3, 0.4) is 0 Å². The van der Waals surface area contributed by atoms with Gasteiger partial charge in [-0.05, 0) is 73.9 Å². The molecule has 3 aromatic heterocycles. The highest BCUT2D eigenvalue weighted by atomic mass is 32.1. The van der Waals surface area contributed by atoms with Crippen LogP contribution in [0.4, 0.5) is 15.6 Å². The lowest BCUT2D eigenvalue weighted by molar-refractivity contribution is 0.0240. The average Bonchev–Trinajstić information content (AvgIpc) is 3.78. The Labute approximate surface area is 267 Å². The SMILES string of the molecule is C[C@H](Oc1nc(-c2noc(C3(C)CCc4sc(N)c(C#N)c43)n2)cc(N2CCN(C(=O)OC(C)(C)C)CC2)n1)[C@@H]1CCCN1C. The van der Waals surface area contributed by atoms with E-state index in [1.807, 2.05) is 40.7 Å². The van der Waals surface area contributed by atoms with Crippen LogP contribution in [0, 0.1) is 11.3 Å². The number of aromatic nitrogens is 4. The van der Waals surface area contributed by atoms with Crippen molar-refractivity contribution in [3.63, 3.8) is 0 Å². The summed E-state index contributed by atoms with van der Waals surface area (Å²) in [6.45, 7) is 12.8. The number of ether oxygens (including phenoxy) is 2. The standard InChI is InChI=1S/C31H41N9O4S/c1-18(21-8-7-11-38(21)6)42-28-34-20(16-23(35-28)39-12-14-40(15-13-39)29(41)43-30(2,3)4)26-36-27(44-37-26)31(5)10-9-22-24(31)19(17-32)25(33)45-22/h16,18,21H,7-15,33H2,1-6H3/t18-,21-,31?/m0/s1. The summed E-state index contributed by atoms with van der Waals surface area (Å²) in [6.07, 6.45) is 3.25. The van der Waals surface area contributed by atoms with Gasteiger partial charge in [-0.3, -0.25) is 4.90 Å². The normalized spacial score (nSPS) is 22.7. The fraction of sp³-hybridized carbons (Fsp3) is 0.613. The number of likely N-dealkylation sites (N-methyl/N-ethyl adjacent to an activating group) is 1. The Morgan fingerprint density at radius 1 is 1.22 bits per heavy atom. The monoisotopic (exact) mass is 635 g/mol. The van der Waals surface area contributed by atoms with Crippen LogP contribution >= 0.6 is 11.3 Å². The van der Waals surface area contributed by atoms with E-state index in [9.17, 15) is 10.1 Å². The van der Waals surface area contributed by atoms with Gasteiger partial charge in [0.15, 0.2) is 0 Å². The van der Waals surface area contributed by atoms with Gasteiger partial charge in [0.1, 0.15) is 34.3 Å². The molecule has 5 heterocycles. The molecule has 3 aromatic rings. The molecule has 45 heavy (non-hydrogen) atoms. The first-order valence-corrected chi connectivity index (χ1v) is 16.3. The van der Waals surface area contributed by atoms with Crippen molar-refractivity contribution < 1.29 is 18.8 Å². The Morgan fingerprint density at radius 3 is 2.64 bits per heavy atom. The lowest BCUT2D eigenvalue weighted by Gasteiger charge is -2.36. The van der Waals surface area contributed by atoms with Crippen molar-refractivity contribution in [3.05, 3.63) is 28.0 Å². The van der Waals surface area contributed by atoms with Gasteiger partial charge in [0.25, 0.3) is 0 Å². The molecule has 13 nitrogen and oxygen atoms in total.